The van der Waals surface area contributed by atoms with Crippen molar-refractivity contribution < 1.29 is 9.72 Å². The third kappa shape index (κ3) is 1.86. The highest BCUT2D eigenvalue weighted by Crippen LogP contribution is 2.07. The van der Waals surface area contributed by atoms with E-state index in [9.17, 15) is 14.9 Å². The average molecular weight is 184 g/mol. The first-order valence-corrected chi connectivity index (χ1v) is 3.58. The molecule has 1 atom stereocenters. The third-order valence-corrected chi connectivity index (χ3v) is 1.64. The molecule has 0 aliphatic carbocycles. The van der Waals surface area contributed by atoms with Crippen LogP contribution >= 0.6 is 0 Å². The van der Waals surface area contributed by atoms with E-state index in [0.29, 0.717) is 0 Å². The summed E-state index contributed by atoms with van der Waals surface area (Å²) in [5.74, 6) is -0.618. The van der Waals surface area contributed by atoms with Gasteiger partial charge < -0.3 is 10.1 Å². The molecular formula is C6H8N4O3. The summed E-state index contributed by atoms with van der Waals surface area (Å²) in [6, 6.07) is -0.513. The highest BCUT2D eigenvalue weighted by molar-refractivity contribution is 5.79. The zero-order valence-corrected chi connectivity index (χ0v) is 7.17. The number of carbonyl (C=O) groups excluding carboxylic acids is 1. The maximum absolute atomic E-state index is 10.9. The molecule has 1 rings (SSSR count). The Labute approximate surface area is 73.5 Å². The van der Waals surface area contributed by atoms with E-state index in [4.69, 9.17) is 0 Å². The summed E-state index contributed by atoms with van der Waals surface area (Å²) in [7, 11) is 0. The molecule has 7 heteroatoms. The van der Waals surface area contributed by atoms with Crippen LogP contribution in [-0.2, 0) is 4.79 Å². The molecule has 0 saturated carbocycles. The quantitative estimate of drug-likeness (QED) is 0.498. The van der Waals surface area contributed by atoms with Crippen LogP contribution in [0.3, 0.4) is 0 Å². The van der Waals surface area contributed by atoms with Crippen LogP contribution < -0.4 is 0 Å². The second-order valence-electron chi connectivity index (χ2n) is 2.57. The van der Waals surface area contributed by atoms with Crippen LogP contribution in [0.1, 0.15) is 19.9 Å². The number of hydrogen-bond donors (Lipinski definition) is 0. The van der Waals surface area contributed by atoms with Gasteiger partial charge in [-0.3, -0.25) is 4.79 Å². The van der Waals surface area contributed by atoms with Crippen LogP contribution in [0, 0.1) is 10.1 Å². The second kappa shape index (κ2) is 3.30. The maximum Gasteiger partial charge on any atom is 0.490 e. The minimum Gasteiger partial charge on any atom is -0.390 e. The van der Waals surface area contributed by atoms with E-state index in [1.165, 1.54) is 17.9 Å². The summed E-state index contributed by atoms with van der Waals surface area (Å²) >= 11 is 0. The molecule has 0 aromatic carbocycles. The lowest BCUT2D eigenvalue weighted by Crippen LogP contribution is -2.13. The summed E-state index contributed by atoms with van der Waals surface area (Å²) in [5, 5.41) is 13.7. The number of nitrogens with zero attached hydrogens (tertiary/aromatic N) is 4. The van der Waals surface area contributed by atoms with Crippen LogP contribution in [0.25, 0.3) is 0 Å². The van der Waals surface area contributed by atoms with E-state index in [1.807, 2.05) is 0 Å². The van der Waals surface area contributed by atoms with Gasteiger partial charge in [0.15, 0.2) is 5.78 Å². The van der Waals surface area contributed by atoms with Gasteiger partial charge in [-0.2, -0.15) is 4.68 Å². The lowest BCUT2D eigenvalue weighted by Gasteiger charge is -2.00. The van der Waals surface area contributed by atoms with Crippen molar-refractivity contribution >= 4 is 11.7 Å². The molecule has 0 spiro atoms. The SMILES string of the molecule is CC(=O)C(C)n1cnc([N+](=O)[O-])n1. The highest BCUT2D eigenvalue weighted by Gasteiger charge is 2.19. The summed E-state index contributed by atoms with van der Waals surface area (Å²) in [4.78, 5) is 23.8. The van der Waals surface area contributed by atoms with Gasteiger partial charge in [-0.15, -0.1) is 0 Å². The number of hydrogen-bond acceptors (Lipinski definition) is 5. The predicted molar refractivity (Wildman–Crippen MR) is 42.1 cm³/mol. The van der Waals surface area contributed by atoms with E-state index in [2.05, 4.69) is 10.1 Å². The summed E-state index contributed by atoms with van der Waals surface area (Å²) in [5.41, 5.74) is 0. The molecule has 0 aliphatic rings. The van der Waals surface area contributed by atoms with Gasteiger partial charge in [0.05, 0.1) is 0 Å². The first kappa shape index (κ1) is 9.30. The van der Waals surface area contributed by atoms with Crippen molar-refractivity contribution in [2.75, 3.05) is 0 Å². The van der Waals surface area contributed by atoms with Crippen LogP contribution in [0.15, 0.2) is 6.33 Å². The summed E-state index contributed by atoms with van der Waals surface area (Å²) in [6.45, 7) is 2.99. The van der Waals surface area contributed by atoms with E-state index < -0.39 is 16.9 Å². The van der Waals surface area contributed by atoms with Crippen molar-refractivity contribution in [2.24, 2.45) is 0 Å². The molecule has 13 heavy (non-hydrogen) atoms. The van der Waals surface area contributed by atoms with Crippen LogP contribution in [-0.4, -0.2) is 25.5 Å². The average Bonchev–Trinajstić information content (AvgIpc) is 2.50. The first-order chi connectivity index (χ1) is 6.02. The van der Waals surface area contributed by atoms with E-state index in [0.717, 1.165) is 0 Å². The summed E-state index contributed by atoms with van der Waals surface area (Å²) in [6.07, 6.45) is 1.17. The Bertz CT molecular complexity index is 345. The molecule has 1 aromatic rings. The van der Waals surface area contributed by atoms with Crippen molar-refractivity contribution in [2.45, 2.75) is 19.9 Å². The molecule has 1 unspecified atom stereocenters. The minimum atomic E-state index is -0.705. The van der Waals surface area contributed by atoms with Crippen molar-refractivity contribution in [3.8, 4) is 0 Å². The van der Waals surface area contributed by atoms with Gasteiger partial charge in [-0.25, -0.2) is 0 Å². The fraction of sp³-hybridized carbons (Fsp3) is 0.500. The third-order valence-electron chi connectivity index (χ3n) is 1.64. The van der Waals surface area contributed by atoms with Crippen LogP contribution in [0.2, 0.25) is 0 Å². The normalized spacial score (nSPS) is 12.5. The zero-order valence-electron chi connectivity index (χ0n) is 7.17. The summed E-state index contributed by atoms with van der Waals surface area (Å²) < 4.78 is 1.17. The van der Waals surface area contributed by atoms with Gasteiger partial charge in [0.2, 0.25) is 6.33 Å². The Morgan fingerprint density at radius 3 is 2.77 bits per heavy atom. The Balaban J connectivity index is 2.91. The minimum absolute atomic E-state index is 0.125. The zero-order chi connectivity index (χ0) is 10.0. The molecule has 70 valence electrons. The number of Topliss-reactive ketones (excluding diaryl/α,β-unsaturated/α-hetero) is 1. The maximum atomic E-state index is 10.9. The number of ketones is 1. The fourth-order valence-corrected chi connectivity index (χ4v) is 0.722. The van der Waals surface area contributed by atoms with E-state index in [1.54, 1.807) is 6.92 Å². The molecule has 1 heterocycles. The molecule has 0 saturated heterocycles. The Morgan fingerprint density at radius 2 is 2.38 bits per heavy atom. The Morgan fingerprint density at radius 1 is 1.77 bits per heavy atom. The highest BCUT2D eigenvalue weighted by atomic mass is 16.6. The van der Waals surface area contributed by atoms with Crippen LogP contribution in [0.4, 0.5) is 5.95 Å². The van der Waals surface area contributed by atoms with Crippen molar-refractivity contribution in [1.29, 1.82) is 0 Å². The standard InChI is InChI=1S/C6H8N4O3/c1-4(5(2)11)9-3-7-6(8-9)10(12)13/h3-4H,1-2H3. The topological polar surface area (TPSA) is 90.9 Å². The molecule has 0 amide bonds. The lowest BCUT2D eigenvalue weighted by atomic mass is 10.2. The number of rotatable bonds is 3. The van der Waals surface area contributed by atoms with Gasteiger partial charge in [0, 0.05) is 5.10 Å². The Hall–Kier alpha value is -1.79. The molecule has 0 radical (unpaired) electrons. The molecule has 0 bridgehead atoms. The smallest absolute Gasteiger partial charge is 0.390 e. The Kier molecular flexibility index (Phi) is 2.36. The molecule has 0 fully saturated rings. The molecule has 0 N–H and O–H groups in total. The van der Waals surface area contributed by atoms with E-state index in [-0.39, 0.29) is 5.78 Å². The van der Waals surface area contributed by atoms with Gasteiger partial charge in [-0.1, -0.05) is 4.98 Å². The van der Waals surface area contributed by atoms with Gasteiger partial charge in [0.25, 0.3) is 0 Å². The molecule has 1 aromatic heterocycles. The van der Waals surface area contributed by atoms with E-state index >= 15 is 0 Å². The van der Waals surface area contributed by atoms with Gasteiger partial charge >= 0.3 is 5.95 Å². The van der Waals surface area contributed by atoms with Crippen molar-refractivity contribution in [3.63, 3.8) is 0 Å². The predicted octanol–water partition coefficient (Wildman–Crippen LogP) is 0.336. The molecular weight excluding hydrogens is 176 g/mol. The molecule has 7 nitrogen and oxygen atoms in total. The lowest BCUT2D eigenvalue weighted by molar-refractivity contribution is -0.394. The van der Waals surface area contributed by atoms with Crippen molar-refractivity contribution in [1.82, 2.24) is 14.8 Å². The fourth-order valence-electron chi connectivity index (χ4n) is 0.722. The first-order valence-electron chi connectivity index (χ1n) is 3.58. The second-order valence-corrected chi connectivity index (χ2v) is 2.57. The number of carbonyl (C=O) groups is 1. The number of aromatic nitrogens is 3. The largest absolute Gasteiger partial charge is 0.490 e. The molecule has 0 aliphatic heterocycles. The van der Waals surface area contributed by atoms with Crippen LogP contribution in [0.5, 0.6) is 0 Å². The van der Waals surface area contributed by atoms with Gasteiger partial charge in [0.1, 0.15) is 6.04 Å². The van der Waals surface area contributed by atoms with Gasteiger partial charge in [-0.05, 0) is 18.8 Å². The number of nitro groups is 1. The monoisotopic (exact) mass is 184 g/mol. The van der Waals surface area contributed by atoms with Crippen molar-refractivity contribution in [3.05, 3.63) is 16.4 Å².